The molecule has 0 saturated carbocycles. The Morgan fingerprint density at radius 3 is 2.72 bits per heavy atom. The summed E-state index contributed by atoms with van der Waals surface area (Å²) in [6, 6.07) is 15.2. The summed E-state index contributed by atoms with van der Waals surface area (Å²) in [6.07, 6.45) is 2.12. The lowest BCUT2D eigenvalue weighted by Gasteiger charge is -2.10. The lowest BCUT2D eigenvalue weighted by molar-refractivity contribution is -0.118. The van der Waals surface area contributed by atoms with Crippen molar-refractivity contribution < 1.29 is 9.53 Å². The number of aromatic nitrogens is 2. The number of hydrogen-bond acceptors (Lipinski definition) is 6. The molecule has 0 radical (unpaired) electrons. The van der Waals surface area contributed by atoms with E-state index >= 15 is 0 Å². The van der Waals surface area contributed by atoms with Gasteiger partial charge in [-0.05, 0) is 48.7 Å². The zero-order valence-corrected chi connectivity index (χ0v) is 16.7. The number of anilines is 3. The van der Waals surface area contributed by atoms with Gasteiger partial charge in [-0.1, -0.05) is 35.9 Å². The number of carbonyl (C=O) groups is 1. The molecule has 1 aromatic heterocycles. The Bertz CT molecular complexity index is 979. The van der Waals surface area contributed by atoms with Crippen molar-refractivity contribution in [1.29, 1.82) is 0 Å². The third kappa shape index (κ3) is 6.08. The van der Waals surface area contributed by atoms with Gasteiger partial charge in [0.25, 0.3) is 5.91 Å². The predicted molar refractivity (Wildman–Crippen MR) is 115 cm³/mol. The smallest absolute Gasteiger partial charge is 0.262 e. The lowest BCUT2D eigenvalue weighted by Crippen LogP contribution is -2.20. The molecule has 4 N–H and O–H groups in total. The fourth-order valence-electron chi connectivity index (χ4n) is 2.65. The van der Waals surface area contributed by atoms with Crippen molar-refractivity contribution in [2.75, 3.05) is 29.5 Å². The second kappa shape index (κ2) is 9.75. The number of benzene rings is 2. The van der Waals surface area contributed by atoms with E-state index in [0.29, 0.717) is 23.1 Å². The molecule has 0 fully saturated rings. The van der Waals surface area contributed by atoms with E-state index in [1.165, 1.54) is 6.33 Å². The standard InChI is InChI=1S/C21H22ClN5O2/c1-14-3-2-4-16(11-14)27-18(28)12-29-17-7-5-15(6-8-17)9-10-24-21-19(22)20(23)25-13-26-21/h2-8,11,13H,9-10,12H2,1H3,(H,27,28)(H3,23,24,25,26). The minimum absolute atomic E-state index is 0.0531. The van der Waals surface area contributed by atoms with Crippen molar-refractivity contribution in [1.82, 2.24) is 9.97 Å². The van der Waals surface area contributed by atoms with Gasteiger partial charge in [-0.2, -0.15) is 0 Å². The highest BCUT2D eigenvalue weighted by Crippen LogP contribution is 2.23. The molecule has 150 valence electrons. The number of halogens is 1. The van der Waals surface area contributed by atoms with Crippen molar-refractivity contribution in [2.45, 2.75) is 13.3 Å². The summed E-state index contributed by atoms with van der Waals surface area (Å²) in [5, 5.41) is 6.27. The molecule has 2 aromatic carbocycles. The van der Waals surface area contributed by atoms with Crippen LogP contribution in [0.15, 0.2) is 54.9 Å². The molecular formula is C21H22ClN5O2. The van der Waals surface area contributed by atoms with E-state index in [0.717, 1.165) is 23.2 Å². The Morgan fingerprint density at radius 1 is 1.17 bits per heavy atom. The lowest BCUT2D eigenvalue weighted by atomic mass is 10.1. The Hall–Kier alpha value is -3.32. The molecule has 1 heterocycles. The van der Waals surface area contributed by atoms with E-state index < -0.39 is 0 Å². The van der Waals surface area contributed by atoms with E-state index in [1.54, 1.807) is 0 Å². The van der Waals surface area contributed by atoms with Gasteiger partial charge < -0.3 is 21.1 Å². The zero-order chi connectivity index (χ0) is 20.6. The van der Waals surface area contributed by atoms with Crippen molar-refractivity contribution >= 4 is 34.8 Å². The second-order valence-corrected chi connectivity index (χ2v) is 6.83. The highest BCUT2D eigenvalue weighted by Gasteiger charge is 2.06. The number of rotatable bonds is 8. The Labute approximate surface area is 174 Å². The molecule has 0 saturated heterocycles. The minimum atomic E-state index is -0.204. The van der Waals surface area contributed by atoms with Crippen LogP contribution in [0.1, 0.15) is 11.1 Å². The van der Waals surface area contributed by atoms with Gasteiger partial charge in [-0.25, -0.2) is 9.97 Å². The molecule has 7 nitrogen and oxygen atoms in total. The number of aryl methyl sites for hydroxylation is 1. The molecule has 3 aromatic rings. The average Bonchev–Trinajstić information content (AvgIpc) is 2.70. The Kier molecular flexibility index (Phi) is 6.86. The van der Waals surface area contributed by atoms with Crippen LogP contribution in [0.3, 0.4) is 0 Å². The van der Waals surface area contributed by atoms with Crippen LogP contribution in [0.5, 0.6) is 5.75 Å². The molecule has 0 unspecified atom stereocenters. The fourth-order valence-corrected chi connectivity index (χ4v) is 2.82. The van der Waals surface area contributed by atoms with Crippen LogP contribution < -0.4 is 21.1 Å². The molecule has 0 aliphatic heterocycles. The summed E-state index contributed by atoms with van der Waals surface area (Å²) >= 11 is 6.05. The van der Waals surface area contributed by atoms with Gasteiger partial charge in [0.2, 0.25) is 0 Å². The van der Waals surface area contributed by atoms with Crippen molar-refractivity contribution in [2.24, 2.45) is 0 Å². The maximum Gasteiger partial charge on any atom is 0.262 e. The number of ether oxygens (including phenoxy) is 1. The van der Waals surface area contributed by atoms with Crippen LogP contribution in [0.2, 0.25) is 5.02 Å². The van der Waals surface area contributed by atoms with Gasteiger partial charge in [-0.3, -0.25) is 4.79 Å². The average molecular weight is 412 g/mol. The monoisotopic (exact) mass is 411 g/mol. The maximum atomic E-state index is 12.0. The highest BCUT2D eigenvalue weighted by atomic mass is 35.5. The first-order valence-corrected chi connectivity index (χ1v) is 9.47. The van der Waals surface area contributed by atoms with Crippen molar-refractivity contribution in [3.05, 3.63) is 71.0 Å². The highest BCUT2D eigenvalue weighted by molar-refractivity contribution is 6.35. The number of nitrogens with one attached hydrogen (secondary N) is 2. The molecule has 8 heteroatoms. The summed E-state index contributed by atoms with van der Waals surface area (Å²) < 4.78 is 5.55. The first kappa shape index (κ1) is 20.4. The first-order valence-electron chi connectivity index (χ1n) is 9.09. The third-order valence-electron chi connectivity index (χ3n) is 4.12. The van der Waals surface area contributed by atoms with Crippen molar-refractivity contribution in [3.8, 4) is 5.75 Å². The molecule has 29 heavy (non-hydrogen) atoms. The number of hydrogen-bond donors (Lipinski definition) is 3. The van der Waals surface area contributed by atoms with Gasteiger partial charge >= 0.3 is 0 Å². The zero-order valence-electron chi connectivity index (χ0n) is 16.0. The van der Waals surface area contributed by atoms with E-state index in [4.69, 9.17) is 22.1 Å². The SMILES string of the molecule is Cc1cccc(NC(=O)COc2ccc(CCNc3ncnc(N)c3Cl)cc2)c1. The molecule has 0 aliphatic rings. The van der Waals surface area contributed by atoms with Gasteiger partial charge in [-0.15, -0.1) is 0 Å². The number of nitrogens with two attached hydrogens (primary N) is 1. The fraction of sp³-hybridized carbons (Fsp3) is 0.190. The van der Waals surface area contributed by atoms with E-state index in [-0.39, 0.29) is 18.3 Å². The number of carbonyl (C=O) groups excluding carboxylic acids is 1. The van der Waals surface area contributed by atoms with Gasteiger partial charge in [0, 0.05) is 12.2 Å². The van der Waals surface area contributed by atoms with Crippen LogP contribution >= 0.6 is 11.6 Å². The van der Waals surface area contributed by atoms with E-state index in [1.807, 2.05) is 55.5 Å². The summed E-state index contributed by atoms with van der Waals surface area (Å²) in [4.78, 5) is 19.9. The van der Waals surface area contributed by atoms with E-state index in [9.17, 15) is 4.79 Å². The molecular weight excluding hydrogens is 390 g/mol. The number of nitrogens with zero attached hydrogens (tertiary/aromatic N) is 2. The van der Waals surface area contributed by atoms with Gasteiger partial charge in [0.05, 0.1) is 0 Å². The summed E-state index contributed by atoms with van der Waals surface area (Å²) in [6.45, 7) is 2.55. The van der Waals surface area contributed by atoms with Crippen molar-refractivity contribution in [3.63, 3.8) is 0 Å². The Morgan fingerprint density at radius 2 is 1.97 bits per heavy atom. The molecule has 0 spiro atoms. The summed E-state index contributed by atoms with van der Waals surface area (Å²) in [5.41, 5.74) is 8.60. The van der Waals surface area contributed by atoms with Crippen LogP contribution in [-0.2, 0) is 11.2 Å². The van der Waals surface area contributed by atoms with Crippen LogP contribution in [0.4, 0.5) is 17.3 Å². The topological polar surface area (TPSA) is 102 Å². The van der Waals surface area contributed by atoms with Gasteiger partial charge in [0.15, 0.2) is 6.61 Å². The summed E-state index contributed by atoms with van der Waals surface area (Å²) in [5.74, 6) is 1.19. The second-order valence-electron chi connectivity index (χ2n) is 6.45. The molecule has 0 aliphatic carbocycles. The molecule has 0 bridgehead atoms. The largest absolute Gasteiger partial charge is 0.484 e. The maximum absolute atomic E-state index is 12.0. The van der Waals surface area contributed by atoms with Crippen LogP contribution in [0, 0.1) is 6.92 Å². The minimum Gasteiger partial charge on any atom is -0.484 e. The molecule has 0 atom stereocenters. The Balaban J connectivity index is 1.43. The molecule has 3 rings (SSSR count). The summed E-state index contributed by atoms with van der Waals surface area (Å²) in [7, 11) is 0. The van der Waals surface area contributed by atoms with Crippen LogP contribution in [0.25, 0.3) is 0 Å². The molecule has 1 amide bonds. The predicted octanol–water partition coefficient (Wildman–Crippen LogP) is 3.69. The normalized spacial score (nSPS) is 10.4. The van der Waals surface area contributed by atoms with Crippen LogP contribution in [-0.4, -0.2) is 29.0 Å². The quantitative estimate of drug-likeness (QED) is 0.522. The number of nitrogen functional groups attached to an aromatic ring is 1. The van der Waals surface area contributed by atoms with E-state index in [2.05, 4.69) is 20.6 Å². The number of amides is 1. The third-order valence-corrected chi connectivity index (χ3v) is 4.49. The van der Waals surface area contributed by atoms with Gasteiger partial charge in [0.1, 0.15) is 28.7 Å². The first-order chi connectivity index (χ1) is 14.0.